The van der Waals surface area contributed by atoms with Gasteiger partial charge in [0.25, 0.3) is 5.91 Å². The first kappa shape index (κ1) is 16.1. The van der Waals surface area contributed by atoms with Crippen LogP contribution in [0.4, 0.5) is 11.5 Å². The molecule has 0 radical (unpaired) electrons. The first-order valence-electron chi connectivity index (χ1n) is 6.90. The molecule has 25 heavy (non-hydrogen) atoms. The number of nitrogens with zero attached hydrogens (tertiary/aromatic N) is 1. The molecule has 1 amide bonds. The summed E-state index contributed by atoms with van der Waals surface area (Å²) in [7, 11) is 1.43. The van der Waals surface area contributed by atoms with Crippen LogP contribution in [0, 0.1) is 0 Å². The van der Waals surface area contributed by atoms with E-state index >= 15 is 0 Å². The highest BCUT2D eigenvalue weighted by Gasteiger charge is 2.19. The van der Waals surface area contributed by atoms with Crippen molar-refractivity contribution in [3.63, 3.8) is 0 Å². The molecule has 0 aliphatic carbocycles. The van der Waals surface area contributed by atoms with Crippen LogP contribution >= 0.6 is 0 Å². The van der Waals surface area contributed by atoms with Crippen LogP contribution in [0.1, 0.15) is 20.8 Å². The van der Waals surface area contributed by atoms with E-state index in [-0.39, 0.29) is 28.3 Å². The molecule has 0 bridgehead atoms. The Hall–Kier alpha value is -3.82. The first-order chi connectivity index (χ1) is 11.9. The Morgan fingerprint density at radius 3 is 2.80 bits per heavy atom. The van der Waals surface area contributed by atoms with Gasteiger partial charge in [0.1, 0.15) is 16.9 Å². The van der Waals surface area contributed by atoms with E-state index in [1.54, 1.807) is 0 Å². The van der Waals surface area contributed by atoms with Crippen LogP contribution in [0.2, 0.25) is 0 Å². The molecule has 0 aliphatic rings. The molecule has 1 aromatic carbocycles. The lowest BCUT2D eigenvalue weighted by Gasteiger charge is -2.07. The number of fused-ring (bicyclic) bond motifs is 1. The van der Waals surface area contributed by atoms with E-state index < -0.39 is 17.5 Å². The molecule has 2 aromatic heterocycles. The third-order valence-corrected chi connectivity index (χ3v) is 3.41. The average Bonchev–Trinajstić information content (AvgIpc) is 3.02. The van der Waals surface area contributed by atoms with E-state index in [1.807, 2.05) is 0 Å². The Morgan fingerprint density at radius 1 is 1.36 bits per heavy atom. The molecule has 10 heteroatoms. The van der Waals surface area contributed by atoms with Gasteiger partial charge in [0.2, 0.25) is 0 Å². The normalized spacial score (nSPS) is 10.6. The van der Waals surface area contributed by atoms with Crippen molar-refractivity contribution in [1.29, 1.82) is 0 Å². The van der Waals surface area contributed by atoms with Crippen LogP contribution in [0.15, 0.2) is 33.7 Å². The maximum Gasteiger partial charge on any atom is 0.356 e. The van der Waals surface area contributed by atoms with Crippen molar-refractivity contribution in [3.8, 4) is 5.75 Å². The molecule has 2 heterocycles. The second-order valence-corrected chi connectivity index (χ2v) is 4.96. The number of carboxylic acids is 1. The number of H-pyrrole nitrogens is 1. The fourth-order valence-corrected chi connectivity index (χ4v) is 2.22. The predicted molar refractivity (Wildman–Crippen MR) is 86.9 cm³/mol. The highest BCUT2D eigenvalue weighted by Crippen LogP contribution is 2.27. The monoisotopic (exact) mass is 344 g/mol. The number of carbonyl (C=O) groups is 2. The number of aromatic amines is 1. The highest BCUT2D eigenvalue weighted by atomic mass is 16.5. The lowest BCUT2D eigenvalue weighted by Crippen LogP contribution is -2.22. The van der Waals surface area contributed by atoms with Crippen molar-refractivity contribution in [1.82, 2.24) is 9.97 Å². The zero-order chi connectivity index (χ0) is 18.1. The second-order valence-electron chi connectivity index (χ2n) is 4.96. The van der Waals surface area contributed by atoms with Crippen molar-refractivity contribution >= 4 is 34.4 Å². The van der Waals surface area contributed by atoms with Crippen molar-refractivity contribution < 1.29 is 23.8 Å². The topological polar surface area (TPSA) is 161 Å². The van der Waals surface area contributed by atoms with Gasteiger partial charge in [0.05, 0.1) is 19.1 Å². The number of hydrogen-bond donors (Lipinski definition) is 4. The van der Waals surface area contributed by atoms with E-state index in [9.17, 15) is 14.4 Å². The zero-order valence-electron chi connectivity index (χ0n) is 12.8. The summed E-state index contributed by atoms with van der Waals surface area (Å²) in [5, 5.41) is 11.7. The number of imidazole rings is 1. The zero-order valence-corrected chi connectivity index (χ0v) is 12.8. The average molecular weight is 344 g/mol. The number of amides is 1. The number of rotatable bonds is 4. The summed E-state index contributed by atoms with van der Waals surface area (Å²) in [6.07, 6.45) is 1.11. The molecule has 128 valence electrons. The quantitative estimate of drug-likeness (QED) is 0.403. The number of aromatic carboxylic acids is 1. The highest BCUT2D eigenvalue weighted by molar-refractivity contribution is 6.07. The van der Waals surface area contributed by atoms with E-state index in [0.29, 0.717) is 11.1 Å². The van der Waals surface area contributed by atoms with E-state index in [2.05, 4.69) is 15.3 Å². The van der Waals surface area contributed by atoms with Crippen molar-refractivity contribution in [2.24, 2.45) is 0 Å². The standard InChI is InChI=1S/C15H12N4O6/c1-24-10-3-6-2-7(15(23)25-9(6)4-8(10)16)13(20)19-12-11(14(21)22)17-5-18-12/h2-5H,16H2,1H3,(H,17,18)(H,19,20)(H,21,22). The number of nitrogens with one attached hydrogen (secondary N) is 2. The van der Waals surface area contributed by atoms with Crippen LogP contribution in [0.25, 0.3) is 11.0 Å². The van der Waals surface area contributed by atoms with Crippen LogP contribution in [0.3, 0.4) is 0 Å². The number of carbonyl (C=O) groups excluding carboxylic acids is 1. The third kappa shape index (κ3) is 2.87. The smallest absolute Gasteiger partial charge is 0.356 e. The van der Waals surface area contributed by atoms with Gasteiger partial charge in [-0.15, -0.1) is 0 Å². The Labute approximate surface area is 139 Å². The molecular weight excluding hydrogens is 332 g/mol. The number of hydrogen-bond acceptors (Lipinski definition) is 7. The Kier molecular flexibility index (Phi) is 3.85. The van der Waals surface area contributed by atoms with Crippen LogP contribution in [0.5, 0.6) is 5.75 Å². The summed E-state index contributed by atoms with van der Waals surface area (Å²) in [5.41, 5.74) is 4.67. The minimum absolute atomic E-state index is 0.186. The minimum atomic E-state index is -1.31. The minimum Gasteiger partial charge on any atom is -0.495 e. The van der Waals surface area contributed by atoms with Gasteiger partial charge in [0, 0.05) is 11.5 Å². The number of methoxy groups -OCH3 is 1. The SMILES string of the molecule is COc1cc2cc(C(=O)Nc3nc[nH]c3C(=O)O)c(=O)oc2cc1N. The van der Waals surface area contributed by atoms with Crippen molar-refractivity contribution in [3.05, 3.63) is 46.2 Å². The Bertz CT molecular complexity index is 1050. The molecule has 5 N–H and O–H groups in total. The van der Waals surface area contributed by atoms with Crippen molar-refractivity contribution in [2.75, 3.05) is 18.2 Å². The molecule has 0 fully saturated rings. The summed E-state index contributed by atoms with van der Waals surface area (Å²) >= 11 is 0. The number of benzene rings is 1. The molecule has 0 saturated carbocycles. The number of carboxylic acid groups (broad SMARTS) is 1. The van der Waals surface area contributed by atoms with Crippen LogP contribution in [-0.2, 0) is 0 Å². The Morgan fingerprint density at radius 2 is 2.12 bits per heavy atom. The maximum atomic E-state index is 12.3. The van der Waals surface area contributed by atoms with Crippen LogP contribution < -0.4 is 21.4 Å². The molecule has 10 nitrogen and oxygen atoms in total. The summed E-state index contributed by atoms with van der Waals surface area (Å²) < 4.78 is 10.2. The van der Waals surface area contributed by atoms with Gasteiger partial charge in [-0.3, -0.25) is 4.79 Å². The summed E-state index contributed by atoms with van der Waals surface area (Å²) in [5.74, 6) is -2.03. The van der Waals surface area contributed by atoms with E-state index in [0.717, 1.165) is 6.33 Å². The summed E-state index contributed by atoms with van der Waals surface area (Å²) in [4.78, 5) is 41.4. The molecule has 3 rings (SSSR count). The molecule has 0 atom stereocenters. The summed E-state index contributed by atoms with van der Waals surface area (Å²) in [6, 6.07) is 4.22. The molecule has 0 saturated heterocycles. The van der Waals surface area contributed by atoms with Gasteiger partial charge in [-0.25, -0.2) is 14.6 Å². The Balaban J connectivity index is 2.02. The lowest BCUT2D eigenvalue weighted by molar-refractivity contribution is 0.0692. The number of ether oxygens (including phenoxy) is 1. The molecule has 0 unspecified atom stereocenters. The third-order valence-electron chi connectivity index (χ3n) is 3.41. The van der Waals surface area contributed by atoms with E-state index in [4.69, 9.17) is 20.0 Å². The predicted octanol–water partition coefficient (Wildman–Crippen LogP) is 1.06. The number of nitrogen functional groups attached to an aromatic ring is 1. The fraction of sp³-hybridized carbons (Fsp3) is 0.0667. The lowest BCUT2D eigenvalue weighted by atomic mass is 10.1. The van der Waals surface area contributed by atoms with Gasteiger partial charge in [-0.05, 0) is 12.1 Å². The van der Waals surface area contributed by atoms with Crippen LogP contribution in [-0.4, -0.2) is 34.1 Å². The summed E-state index contributed by atoms with van der Waals surface area (Å²) in [6.45, 7) is 0. The van der Waals surface area contributed by atoms with Gasteiger partial charge in [-0.2, -0.15) is 0 Å². The first-order valence-corrected chi connectivity index (χ1v) is 6.90. The maximum absolute atomic E-state index is 12.3. The van der Waals surface area contributed by atoms with Crippen molar-refractivity contribution in [2.45, 2.75) is 0 Å². The largest absolute Gasteiger partial charge is 0.495 e. The van der Waals surface area contributed by atoms with E-state index in [1.165, 1.54) is 25.3 Å². The van der Waals surface area contributed by atoms with Gasteiger partial charge in [0.15, 0.2) is 11.5 Å². The molecule has 3 aromatic rings. The molecule has 0 spiro atoms. The van der Waals surface area contributed by atoms with Gasteiger partial charge >= 0.3 is 11.6 Å². The molecular formula is C15H12N4O6. The fourth-order valence-electron chi connectivity index (χ4n) is 2.22. The second kappa shape index (κ2) is 6.00. The number of aromatic nitrogens is 2. The number of nitrogens with two attached hydrogens (primary N) is 1. The van der Waals surface area contributed by atoms with Gasteiger partial charge < -0.3 is 30.3 Å². The number of anilines is 2. The van der Waals surface area contributed by atoms with Gasteiger partial charge in [-0.1, -0.05) is 0 Å². The molecule has 0 aliphatic heterocycles.